The van der Waals surface area contributed by atoms with Gasteiger partial charge in [0.1, 0.15) is 0 Å². The van der Waals surface area contributed by atoms with Gasteiger partial charge in [-0.25, -0.2) is 13.4 Å². The zero-order valence-corrected chi connectivity index (χ0v) is 11.1. The van der Waals surface area contributed by atoms with Crippen molar-refractivity contribution in [2.75, 3.05) is 16.8 Å². The summed E-state index contributed by atoms with van der Waals surface area (Å²) in [5, 5.41) is 5.12. The van der Waals surface area contributed by atoms with Crippen LogP contribution in [0.15, 0.2) is 5.38 Å². The van der Waals surface area contributed by atoms with E-state index in [1.165, 1.54) is 11.3 Å². The summed E-state index contributed by atoms with van der Waals surface area (Å²) in [4.78, 5) is 15.8. The van der Waals surface area contributed by atoms with Crippen molar-refractivity contribution in [1.82, 2.24) is 4.98 Å². The summed E-state index contributed by atoms with van der Waals surface area (Å²) in [6.45, 7) is 1.86. The number of nitrogens with one attached hydrogen (secondary N) is 1. The highest BCUT2D eigenvalue weighted by Gasteiger charge is 2.29. The largest absolute Gasteiger partial charge is 0.302 e. The molecular weight excluding hydrogens is 260 g/mol. The molecule has 1 aromatic heterocycles. The number of aryl methyl sites for hydroxylation is 1. The Morgan fingerprint density at radius 2 is 2.41 bits per heavy atom. The first-order valence-electron chi connectivity index (χ1n) is 5.37. The van der Waals surface area contributed by atoms with E-state index in [-0.39, 0.29) is 29.8 Å². The molecule has 1 saturated heterocycles. The topological polar surface area (TPSA) is 76.1 Å². The molecular formula is C10H14N2O3S2. The lowest BCUT2D eigenvalue weighted by Crippen LogP contribution is -2.17. The van der Waals surface area contributed by atoms with E-state index in [0.717, 1.165) is 5.69 Å². The van der Waals surface area contributed by atoms with E-state index in [2.05, 4.69) is 10.3 Å². The Kier molecular flexibility index (Phi) is 3.48. The SMILES string of the molecule is Cc1csc(NC(=O)CC2CCS(=O)(=O)C2)n1. The second-order valence-corrected chi connectivity index (χ2v) is 7.40. The maximum atomic E-state index is 11.6. The third-order valence-corrected chi connectivity index (χ3v) is 5.38. The number of anilines is 1. The number of carbonyl (C=O) groups excluding carboxylic acids is 1. The Balaban J connectivity index is 1.86. The van der Waals surface area contributed by atoms with Gasteiger partial charge in [-0.3, -0.25) is 4.79 Å². The van der Waals surface area contributed by atoms with Gasteiger partial charge in [0, 0.05) is 11.8 Å². The zero-order valence-electron chi connectivity index (χ0n) is 9.47. The average molecular weight is 274 g/mol. The molecule has 2 heterocycles. The van der Waals surface area contributed by atoms with Crippen LogP contribution in [0.1, 0.15) is 18.5 Å². The first-order chi connectivity index (χ1) is 7.94. The molecule has 94 valence electrons. The average Bonchev–Trinajstić information content (AvgIpc) is 2.73. The van der Waals surface area contributed by atoms with Crippen LogP contribution in [-0.2, 0) is 14.6 Å². The minimum absolute atomic E-state index is 0.0407. The number of amides is 1. The second-order valence-electron chi connectivity index (χ2n) is 4.32. The first-order valence-corrected chi connectivity index (χ1v) is 8.07. The summed E-state index contributed by atoms with van der Waals surface area (Å²) in [6, 6.07) is 0. The van der Waals surface area contributed by atoms with Crippen molar-refractivity contribution in [3.8, 4) is 0 Å². The van der Waals surface area contributed by atoms with Gasteiger partial charge in [0.15, 0.2) is 15.0 Å². The maximum Gasteiger partial charge on any atom is 0.226 e. The van der Waals surface area contributed by atoms with Crippen molar-refractivity contribution in [2.24, 2.45) is 5.92 Å². The zero-order chi connectivity index (χ0) is 12.5. The normalized spacial score (nSPS) is 22.5. The Hall–Kier alpha value is -0.950. The number of aromatic nitrogens is 1. The van der Waals surface area contributed by atoms with E-state index in [1.807, 2.05) is 12.3 Å². The molecule has 0 spiro atoms. The van der Waals surface area contributed by atoms with Crippen LogP contribution >= 0.6 is 11.3 Å². The summed E-state index contributed by atoms with van der Waals surface area (Å²) in [5.41, 5.74) is 0.869. The fourth-order valence-corrected chi connectivity index (χ4v) is 4.44. The Bertz CT molecular complexity index is 521. The highest BCUT2D eigenvalue weighted by atomic mass is 32.2. The van der Waals surface area contributed by atoms with E-state index in [4.69, 9.17) is 0 Å². The molecule has 17 heavy (non-hydrogen) atoms. The lowest BCUT2D eigenvalue weighted by atomic mass is 10.1. The molecule has 1 fully saturated rings. The van der Waals surface area contributed by atoms with Gasteiger partial charge in [0.05, 0.1) is 17.2 Å². The third-order valence-electron chi connectivity index (χ3n) is 2.67. The molecule has 2 rings (SSSR count). The molecule has 0 saturated carbocycles. The molecule has 1 aliphatic rings. The van der Waals surface area contributed by atoms with Gasteiger partial charge in [0.25, 0.3) is 0 Å². The molecule has 1 amide bonds. The molecule has 1 aliphatic heterocycles. The summed E-state index contributed by atoms with van der Waals surface area (Å²) in [6.07, 6.45) is 0.852. The Morgan fingerprint density at radius 1 is 1.65 bits per heavy atom. The van der Waals surface area contributed by atoms with Crippen LogP contribution in [0.25, 0.3) is 0 Å². The van der Waals surface area contributed by atoms with Crippen molar-refractivity contribution in [1.29, 1.82) is 0 Å². The van der Waals surface area contributed by atoms with Crippen molar-refractivity contribution >= 4 is 32.2 Å². The molecule has 1 aromatic rings. The van der Waals surface area contributed by atoms with Gasteiger partial charge in [-0.2, -0.15) is 0 Å². The highest BCUT2D eigenvalue weighted by molar-refractivity contribution is 7.91. The van der Waals surface area contributed by atoms with Gasteiger partial charge in [-0.05, 0) is 19.3 Å². The van der Waals surface area contributed by atoms with Crippen molar-refractivity contribution < 1.29 is 13.2 Å². The van der Waals surface area contributed by atoms with Crippen molar-refractivity contribution in [2.45, 2.75) is 19.8 Å². The molecule has 1 atom stereocenters. The van der Waals surface area contributed by atoms with Gasteiger partial charge < -0.3 is 5.32 Å². The van der Waals surface area contributed by atoms with E-state index in [1.54, 1.807) is 0 Å². The molecule has 5 nitrogen and oxygen atoms in total. The van der Waals surface area contributed by atoms with Crippen LogP contribution in [0.4, 0.5) is 5.13 Å². The molecule has 0 aromatic carbocycles. The maximum absolute atomic E-state index is 11.6. The second kappa shape index (κ2) is 4.73. The number of hydrogen-bond acceptors (Lipinski definition) is 5. The minimum Gasteiger partial charge on any atom is -0.302 e. The third kappa shape index (κ3) is 3.50. The molecule has 7 heteroatoms. The summed E-state index contributed by atoms with van der Waals surface area (Å²) < 4.78 is 22.5. The number of rotatable bonds is 3. The number of nitrogens with zero attached hydrogens (tertiary/aromatic N) is 1. The van der Waals surface area contributed by atoms with Crippen LogP contribution < -0.4 is 5.32 Å². The summed E-state index contributed by atoms with van der Waals surface area (Å²) in [7, 11) is -2.90. The molecule has 1 unspecified atom stereocenters. The van der Waals surface area contributed by atoms with Crippen LogP contribution in [0.5, 0.6) is 0 Å². The highest BCUT2D eigenvalue weighted by Crippen LogP contribution is 2.22. The minimum atomic E-state index is -2.90. The van der Waals surface area contributed by atoms with E-state index in [0.29, 0.717) is 11.6 Å². The molecule has 1 N–H and O–H groups in total. The van der Waals surface area contributed by atoms with Crippen LogP contribution in [0.3, 0.4) is 0 Å². The van der Waals surface area contributed by atoms with E-state index >= 15 is 0 Å². The summed E-state index contributed by atoms with van der Waals surface area (Å²) in [5.74, 6) is 0.154. The van der Waals surface area contributed by atoms with Crippen LogP contribution in [0.2, 0.25) is 0 Å². The fraction of sp³-hybridized carbons (Fsp3) is 0.600. The predicted octanol–water partition coefficient (Wildman–Crippen LogP) is 1.21. The number of sulfone groups is 1. The standard InChI is InChI=1S/C10H14N2O3S2/c1-7-5-16-10(11-7)12-9(13)4-8-2-3-17(14,15)6-8/h5,8H,2-4,6H2,1H3,(H,11,12,13). The number of thiazole rings is 1. The quantitative estimate of drug-likeness (QED) is 0.899. The smallest absolute Gasteiger partial charge is 0.226 e. The molecule has 0 aliphatic carbocycles. The summed E-state index contributed by atoms with van der Waals surface area (Å²) >= 11 is 1.37. The van der Waals surface area contributed by atoms with Gasteiger partial charge >= 0.3 is 0 Å². The van der Waals surface area contributed by atoms with Gasteiger partial charge in [-0.15, -0.1) is 11.3 Å². The van der Waals surface area contributed by atoms with Gasteiger partial charge in [-0.1, -0.05) is 0 Å². The van der Waals surface area contributed by atoms with Crippen molar-refractivity contribution in [3.63, 3.8) is 0 Å². The Morgan fingerprint density at radius 3 is 2.94 bits per heavy atom. The first kappa shape index (κ1) is 12.5. The van der Waals surface area contributed by atoms with Crippen LogP contribution in [0, 0.1) is 12.8 Å². The lowest BCUT2D eigenvalue weighted by molar-refractivity contribution is -0.116. The van der Waals surface area contributed by atoms with Gasteiger partial charge in [0.2, 0.25) is 5.91 Å². The monoisotopic (exact) mass is 274 g/mol. The van der Waals surface area contributed by atoms with Crippen molar-refractivity contribution in [3.05, 3.63) is 11.1 Å². The van der Waals surface area contributed by atoms with Crippen LogP contribution in [-0.4, -0.2) is 30.8 Å². The fourth-order valence-electron chi connectivity index (χ4n) is 1.88. The number of hydrogen-bond donors (Lipinski definition) is 1. The molecule has 0 radical (unpaired) electrons. The van der Waals surface area contributed by atoms with E-state index < -0.39 is 9.84 Å². The number of carbonyl (C=O) groups is 1. The predicted molar refractivity (Wildman–Crippen MR) is 66.9 cm³/mol. The lowest BCUT2D eigenvalue weighted by Gasteiger charge is -2.06. The van der Waals surface area contributed by atoms with E-state index in [9.17, 15) is 13.2 Å². The Labute approximate surface area is 104 Å². The molecule has 0 bridgehead atoms.